The largest absolute Gasteiger partial charge is 2.00 e. The van der Waals surface area contributed by atoms with Crippen molar-refractivity contribution in [2.45, 2.75) is 153 Å². The average molecular weight is 897 g/mol. The van der Waals surface area contributed by atoms with Gasteiger partial charge in [0.25, 0.3) is 0 Å². The van der Waals surface area contributed by atoms with Crippen LogP contribution in [0.2, 0.25) is 0 Å². The van der Waals surface area contributed by atoms with Gasteiger partial charge in [0, 0.05) is 17.5 Å². The molecule has 0 N–H and O–H groups in total. The molecule has 11 heteroatoms. The minimum absolute atomic E-state index is 0. The molecule has 2 aromatic rings. The van der Waals surface area contributed by atoms with Crippen LogP contribution in [0.1, 0.15) is 193 Å². The molecule has 3 aliphatic heterocycles. The summed E-state index contributed by atoms with van der Waals surface area (Å²) in [7, 11) is 1.28. The number of ether oxygens (including phenoxy) is 2. The molecule has 0 aromatic carbocycles. The first-order chi connectivity index (χ1) is 30.6. The standard InChI is InChI=1S/C54H74N4O6.Mg/c1-12-14-15-18-30(3)19-16-20-31(4)21-17-22-32(5)25-26-64-46(60)24-23-39-34(7)41-27-42-35(8)47(37(10)59)45(56-42)29-40-33(6)38(13-2)44(55-40)28-43-36(9)48-52(58-43)49(51(39)57-41)50(53(48)61)54(62)63-11;/h25,27-31,33-34,38-39,50H,12-24,26H2,1-11H3,(H2-2,55,56,57,58,59,61);/q-2;+2/p-2/b32-25+,41-27-,44-28-;/t30-,31-,33-,34+,38-,39+,50-;/m1./s1. The first kappa shape index (κ1) is 51.9. The summed E-state index contributed by atoms with van der Waals surface area (Å²) in [5, 5.41) is 10.3. The Morgan fingerprint density at radius 1 is 0.769 bits per heavy atom. The summed E-state index contributed by atoms with van der Waals surface area (Å²) in [6, 6.07) is 0. The van der Waals surface area contributed by atoms with E-state index in [0.29, 0.717) is 68.8 Å². The number of methoxy groups -OCH3 is 1. The third-order valence-electron chi connectivity index (χ3n) is 14.6. The van der Waals surface area contributed by atoms with Crippen LogP contribution < -0.4 is 9.97 Å². The van der Waals surface area contributed by atoms with Crippen LogP contribution in [0.5, 0.6) is 0 Å². The molecule has 0 radical (unpaired) electrons. The Bertz CT molecular complexity index is 2250. The fourth-order valence-electron chi connectivity index (χ4n) is 10.5. The van der Waals surface area contributed by atoms with Gasteiger partial charge in [0.05, 0.1) is 7.11 Å². The van der Waals surface area contributed by atoms with Crippen LogP contribution in [0.4, 0.5) is 0 Å². The number of nitrogens with zero attached hydrogens (tertiary/aromatic N) is 4. The van der Waals surface area contributed by atoms with Crippen molar-refractivity contribution in [2.75, 3.05) is 13.7 Å². The molecule has 0 amide bonds. The molecule has 2 saturated heterocycles. The molecule has 65 heavy (non-hydrogen) atoms. The van der Waals surface area contributed by atoms with E-state index >= 15 is 0 Å². The molecule has 0 saturated carbocycles. The van der Waals surface area contributed by atoms with Gasteiger partial charge >= 0.3 is 35.0 Å². The Labute approximate surface area is 404 Å². The Kier molecular flexibility index (Phi) is 18.4. The van der Waals surface area contributed by atoms with Crippen molar-refractivity contribution in [3.63, 3.8) is 0 Å². The number of Topliss-reactive ketones (excluding diaryl/α,β-unsaturated/α-hetero) is 2. The van der Waals surface area contributed by atoms with Gasteiger partial charge in [-0.25, -0.2) is 0 Å². The molecular weight excluding hydrogens is 825 g/mol. The molecule has 1 aliphatic carbocycles. The van der Waals surface area contributed by atoms with E-state index in [1.807, 2.05) is 45.1 Å². The Morgan fingerprint density at radius 2 is 1.38 bits per heavy atom. The molecule has 10 nitrogen and oxygen atoms in total. The monoisotopic (exact) mass is 897 g/mol. The second-order valence-corrected chi connectivity index (χ2v) is 19.3. The normalized spacial score (nSPS) is 25.6. The van der Waals surface area contributed by atoms with Crippen molar-refractivity contribution in [3.8, 4) is 0 Å². The zero-order valence-corrected chi connectivity index (χ0v) is 42.6. The number of rotatable bonds is 20. The minimum atomic E-state index is -1.24. The van der Waals surface area contributed by atoms with Crippen molar-refractivity contribution in [2.24, 2.45) is 41.4 Å². The Morgan fingerprint density at radius 3 is 2.05 bits per heavy atom. The van der Waals surface area contributed by atoms with Crippen molar-refractivity contribution < 1.29 is 28.7 Å². The molecular formula is C54H72MgN4O6-2. The van der Waals surface area contributed by atoms with Crippen molar-refractivity contribution in [3.05, 3.63) is 90.1 Å². The molecule has 0 unspecified atom stereocenters. The smallest absolute Gasteiger partial charge is 0.664 e. The maximum absolute atomic E-state index is 14.4. The van der Waals surface area contributed by atoms with E-state index < -0.39 is 11.9 Å². The van der Waals surface area contributed by atoms with Crippen molar-refractivity contribution in [1.82, 2.24) is 9.97 Å². The van der Waals surface area contributed by atoms with Gasteiger partial charge in [-0.15, -0.1) is 22.8 Å². The van der Waals surface area contributed by atoms with E-state index in [0.717, 1.165) is 42.1 Å². The maximum atomic E-state index is 14.4. The zero-order valence-electron chi connectivity index (χ0n) is 41.2. The number of fused-ring (bicyclic) bond motifs is 7. The molecule has 5 heterocycles. The van der Waals surface area contributed by atoms with Crippen molar-refractivity contribution in [1.29, 1.82) is 0 Å². The second-order valence-electron chi connectivity index (χ2n) is 19.3. The van der Waals surface area contributed by atoms with E-state index in [2.05, 4.69) is 41.5 Å². The Hall–Kier alpha value is -4.09. The van der Waals surface area contributed by atoms with Crippen LogP contribution in [0.15, 0.2) is 34.4 Å². The van der Waals surface area contributed by atoms with Crippen LogP contribution >= 0.6 is 0 Å². The summed E-state index contributed by atoms with van der Waals surface area (Å²) in [6.45, 7) is 21.0. The topological polar surface area (TPSA) is 143 Å². The number of aromatic nitrogens is 2. The number of hydrogen-bond acceptors (Lipinski definition) is 6. The second kappa shape index (κ2) is 23.1. The van der Waals surface area contributed by atoms with Gasteiger partial charge in [0.15, 0.2) is 11.6 Å². The first-order valence-electron chi connectivity index (χ1n) is 24.2. The number of unbranched alkanes of at least 4 members (excludes halogenated alkanes) is 2. The van der Waals surface area contributed by atoms with Gasteiger partial charge in [-0.05, 0) is 88.5 Å². The summed E-state index contributed by atoms with van der Waals surface area (Å²) >= 11 is 0. The number of allylic oxidation sites excluding steroid dienone is 5. The molecule has 6 rings (SSSR count). The number of ketones is 2. The van der Waals surface area contributed by atoms with Gasteiger partial charge in [0.1, 0.15) is 12.5 Å². The molecule has 4 aliphatic rings. The van der Waals surface area contributed by atoms with Gasteiger partial charge in [-0.1, -0.05) is 140 Å². The number of carbonyl (C=O) groups excluding carboxylic acids is 4. The van der Waals surface area contributed by atoms with Gasteiger partial charge < -0.3 is 30.1 Å². The molecule has 2 aromatic heterocycles. The van der Waals surface area contributed by atoms with Crippen LogP contribution in [-0.2, 0) is 19.1 Å². The summed E-state index contributed by atoms with van der Waals surface area (Å²) in [4.78, 5) is 64.6. The Balaban J connectivity index is 0.00000793. The summed E-state index contributed by atoms with van der Waals surface area (Å²) in [5.74, 6) is -1.64. The summed E-state index contributed by atoms with van der Waals surface area (Å²) in [6.07, 6.45) is 21.7. The fourth-order valence-corrected chi connectivity index (χ4v) is 10.5. The van der Waals surface area contributed by atoms with E-state index in [9.17, 15) is 19.2 Å². The first-order valence-corrected chi connectivity index (χ1v) is 24.2. The minimum Gasteiger partial charge on any atom is -0.664 e. The zero-order chi connectivity index (χ0) is 46.4. The third-order valence-corrected chi connectivity index (χ3v) is 14.6. The third kappa shape index (κ3) is 11.5. The number of esters is 2. The van der Waals surface area contributed by atoms with E-state index in [-0.39, 0.29) is 77.3 Å². The fraction of sp³-hybridized carbons (Fsp3) is 0.593. The van der Waals surface area contributed by atoms with Crippen LogP contribution in [-0.4, -0.2) is 60.3 Å². The molecule has 2 fully saturated rings. The maximum Gasteiger partial charge on any atom is 2.00 e. The molecule has 7 atom stereocenters. The average Bonchev–Trinajstić information content (AvgIpc) is 4.00. The van der Waals surface area contributed by atoms with Crippen LogP contribution in [0, 0.1) is 55.3 Å². The summed E-state index contributed by atoms with van der Waals surface area (Å²) in [5.41, 5.74) is 9.11. The molecule has 8 bridgehead atoms. The van der Waals surface area contributed by atoms with Crippen LogP contribution in [0.3, 0.4) is 0 Å². The van der Waals surface area contributed by atoms with E-state index in [1.165, 1.54) is 64.0 Å². The SMILES string of the molecule is CCCCC[C@@H](C)CCC[C@@H](C)CCC/C(C)=C/COC(=O)CC[C@@H]1/C2=C3/c4[n-]c(c(C)c4C(=O)[C@@H]3C(=O)OC)/C=C3\[N-]/C(=C\c4[n-]c(c(C)c4C(C)=O)/C=C(\[N-]2)[C@H]1C)[C@H](C)[C@H]3CC.[Mg+2]. The van der Waals surface area contributed by atoms with E-state index in [4.69, 9.17) is 30.1 Å². The van der Waals surface area contributed by atoms with Gasteiger partial charge in [0.2, 0.25) is 0 Å². The van der Waals surface area contributed by atoms with Gasteiger partial charge in [-0.3, -0.25) is 19.2 Å². The van der Waals surface area contributed by atoms with Gasteiger partial charge in [-0.2, -0.15) is 22.8 Å². The van der Waals surface area contributed by atoms with E-state index in [1.54, 1.807) is 6.92 Å². The quantitative estimate of drug-likeness (QED) is 0.0319. The van der Waals surface area contributed by atoms with Crippen LogP contribution in [0.25, 0.3) is 34.4 Å². The predicted octanol–water partition coefficient (Wildman–Crippen LogP) is 12.6. The number of hydrogen-bond donors (Lipinski definition) is 0. The molecule has 0 spiro atoms. The predicted molar refractivity (Wildman–Crippen MR) is 262 cm³/mol. The number of carbonyl (C=O) groups is 4. The van der Waals surface area contributed by atoms with Crippen molar-refractivity contribution >= 4 is 70.4 Å². The summed E-state index contributed by atoms with van der Waals surface area (Å²) < 4.78 is 11.0. The molecule has 348 valence electrons.